The summed E-state index contributed by atoms with van der Waals surface area (Å²) in [6.45, 7) is 6.80. The summed E-state index contributed by atoms with van der Waals surface area (Å²) in [6.07, 6.45) is 11.5. The topological polar surface area (TPSA) is 17.0 Å². The van der Waals surface area contributed by atoms with Crippen molar-refractivity contribution in [3.8, 4) is 0 Å². The smallest absolute Gasteiger partial charge is 0.0306 e. The molecule has 1 unspecified atom stereocenters. The third-order valence-electron chi connectivity index (χ3n) is 3.92. The van der Waals surface area contributed by atoms with E-state index in [1.54, 1.807) is 0 Å². The minimum atomic E-state index is 0.486. The summed E-state index contributed by atoms with van der Waals surface area (Å²) in [7, 11) is 0. The Morgan fingerprint density at radius 1 is 1.41 bits per heavy atom. The lowest BCUT2D eigenvalue weighted by Crippen LogP contribution is -2.18. The molecule has 1 N–H and O–H groups in total. The molecule has 0 bridgehead atoms. The lowest BCUT2D eigenvalue weighted by molar-refractivity contribution is 0.457. The number of nitrogens with zero attached hydrogens (tertiary/aromatic N) is 1. The molecule has 0 spiro atoms. The maximum Gasteiger partial charge on any atom is 0.0306 e. The average molecular weight is 234 g/mol. The SMILES string of the molecule is CCCNC(C)c1ccn(CC2CCCC2)c1. The Balaban J connectivity index is 1.86. The zero-order chi connectivity index (χ0) is 12.1. The molecule has 0 aromatic carbocycles. The van der Waals surface area contributed by atoms with E-state index in [1.807, 2.05) is 0 Å². The van der Waals surface area contributed by atoms with Crippen molar-refractivity contribution in [1.82, 2.24) is 9.88 Å². The van der Waals surface area contributed by atoms with E-state index in [9.17, 15) is 0 Å². The molecule has 1 heterocycles. The summed E-state index contributed by atoms with van der Waals surface area (Å²) in [6, 6.07) is 2.75. The Kier molecular flexibility index (Phi) is 4.66. The normalized spacial score (nSPS) is 18.7. The first-order chi connectivity index (χ1) is 8.29. The number of rotatable bonds is 6. The van der Waals surface area contributed by atoms with Crippen LogP contribution in [0.4, 0.5) is 0 Å². The lowest BCUT2D eigenvalue weighted by Gasteiger charge is -2.12. The van der Waals surface area contributed by atoms with Crippen molar-refractivity contribution in [3.05, 3.63) is 24.0 Å². The number of hydrogen-bond acceptors (Lipinski definition) is 1. The number of aromatic nitrogens is 1. The van der Waals surface area contributed by atoms with Crippen LogP contribution < -0.4 is 5.32 Å². The molecule has 2 heteroatoms. The van der Waals surface area contributed by atoms with Crippen molar-refractivity contribution in [2.24, 2.45) is 5.92 Å². The van der Waals surface area contributed by atoms with Crippen molar-refractivity contribution in [3.63, 3.8) is 0 Å². The molecule has 96 valence electrons. The Bertz CT molecular complexity index is 323. The van der Waals surface area contributed by atoms with E-state index in [2.05, 4.69) is 42.2 Å². The Labute approximate surface area is 105 Å². The molecule has 1 saturated carbocycles. The van der Waals surface area contributed by atoms with Gasteiger partial charge in [-0.05, 0) is 50.3 Å². The molecule has 1 aliphatic carbocycles. The third kappa shape index (κ3) is 3.60. The molecule has 17 heavy (non-hydrogen) atoms. The second-order valence-electron chi connectivity index (χ2n) is 5.47. The van der Waals surface area contributed by atoms with Crippen LogP contribution in [0.2, 0.25) is 0 Å². The summed E-state index contributed by atoms with van der Waals surface area (Å²) < 4.78 is 2.38. The molecule has 0 amide bonds. The second kappa shape index (κ2) is 6.25. The number of nitrogens with one attached hydrogen (secondary N) is 1. The molecule has 0 radical (unpaired) electrons. The lowest BCUT2D eigenvalue weighted by atomic mass is 10.1. The van der Waals surface area contributed by atoms with Gasteiger partial charge in [-0.25, -0.2) is 0 Å². The summed E-state index contributed by atoms with van der Waals surface area (Å²) >= 11 is 0. The molecule has 2 rings (SSSR count). The third-order valence-corrected chi connectivity index (χ3v) is 3.92. The first kappa shape index (κ1) is 12.7. The van der Waals surface area contributed by atoms with Gasteiger partial charge in [-0.15, -0.1) is 0 Å². The van der Waals surface area contributed by atoms with Gasteiger partial charge in [0.25, 0.3) is 0 Å². The molecule has 2 nitrogen and oxygen atoms in total. The summed E-state index contributed by atoms with van der Waals surface area (Å²) in [4.78, 5) is 0. The fourth-order valence-electron chi connectivity index (χ4n) is 2.80. The van der Waals surface area contributed by atoms with Gasteiger partial charge in [0.2, 0.25) is 0 Å². The van der Waals surface area contributed by atoms with Crippen LogP contribution in [-0.2, 0) is 6.54 Å². The highest BCUT2D eigenvalue weighted by molar-refractivity contribution is 5.14. The molecule has 0 aliphatic heterocycles. The second-order valence-corrected chi connectivity index (χ2v) is 5.47. The van der Waals surface area contributed by atoms with Crippen molar-refractivity contribution in [2.45, 2.75) is 58.5 Å². The van der Waals surface area contributed by atoms with Crippen LogP contribution in [-0.4, -0.2) is 11.1 Å². The van der Waals surface area contributed by atoms with Crippen LogP contribution in [0.3, 0.4) is 0 Å². The van der Waals surface area contributed by atoms with Crippen molar-refractivity contribution < 1.29 is 0 Å². The van der Waals surface area contributed by atoms with Crippen molar-refractivity contribution >= 4 is 0 Å². The number of hydrogen-bond donors (Lipinski definition) is 1. The summed E-state index contributed by atoms with van der Waals surface area (Å²) in [5.41, 5.74) is 1.43. The Hall–Kier alpha value is -0.760. The zero-order valence-electron chi connectivity index (χ0n) is 11.3. The van der Waals surface area contributed by atoms with Gasteiger partial charge in [-0.1, -0.05) is 19.8 Å². The van der Waals surface area contributed by atoms with Gasteiger partial charge in [0.1, 0.15) is 0 Å². The maximum atomic E-state index is 3.54. The van der Waals surface area contributed by atoms with E-state index in [-0.39, 0.29) is 0 Å². The molecule has 0 saturated heterocycles. The standard InChI is InChI=1S/C15H26N2/c1-3-9-16-13(2)15-8-10-17(12-15)11-14-6-4-5-7-14/h8,10,12-14,16H,3-7,9,11H2,1-2H3. The van der Waals surface area contributed by atoms with E-state index in [1.165, 1.54) is 44.2 Å². The summed E-state index contributed by atoms with van der Waals surface area (Å²) in [5.74, 6) is 0.925. The monoisotopic (exact) mass is 234 g/mol. The van der Waals surface area contributed by atoms with Crippen LogP contribution >= 0.6 is 0 Å². The van der Waals surface area contributed by atoms with E-state index < -0.39 is 0 Å². The average Bonchev–Trinajstić information content (AvgIpc) is 2.98. The van der Waals surface area contributed by atoms with E-state index in [4.69, 9.17) is 0 Å². The predicted octanol–water partition coefficient (Wildman–Crippen LogP) is 3.74. The highest BCUT2D eigenvalue weighted by atomic mass is 15.0. The van der Waals surface area contributed by atoms with Crippen molar-refractivity contribution in [2.75, 3.05) is 6.54 Å². The maximum absolute atomic E-state index is 3.54. The van der Waals surface area contributed by atoms with Crippen molar-refractivity contribution in [1.29, 1.82) is 0 Å². The molecule has 1 aromatic heterocycles. The molecular formula is C15H26N2. The fraction of sp³-hybridized carbons (Fsp3) is 0.733. The van der Waals surface area contributed by atoms with Gasteiger partial charge in [0, 0.05) is 25.0 Å². The molecule has 1 atom stereocenters. The van der Waals surface area contributed by atoms with E-state index >= 15 is 0 Å². The minimum Gasteiger partial charge on any atom is -0.354 e. The Morgan fingerprint density at radius 2 is 2.18 bits per heavy atom. The molecule has 1 fully saturated rings. The van der Waals surface area contributed by atoms with Crippen LogP contribution in [0.15, 0.2) is 18.5 Å². The molecule has 1 aliphatic rings. The minimum absolute atomic E-state index is 0.486. The zero-order valence-corrected chi connectivity index (χ0v) is 11.3. The van der Waals surface area contributed by atoms with Gasteiger partial charge in [-0.3, -0.25) is 0 Å². The fourth-order valence-corrected chi connectivity index (χ4v) is 2.80. The van der Waals surface area contributed by atoms with Gasteiger partial charge in [0.15, 0.2) is 0 Å². The van der Waals surface area contributed by atoms with Crippen LogP contribution in [0.25, 0.3) is 0 Å². The largest absolute Gasteiger partial charge is 0.354 e. The van der Waals surface area contributed by atoms with Gasteiger partial charge in [-0.2, -0.15) is 0 Å². The Morgan fingerprint density at radius 3 is 2.88 bits per heavy atom. The highest BCUT2D eigenvalue weighted by Gasteiger charge is 2.15. The highest BCUT2D eigenvalue weighted by Crippen LogP contribution is 2.26. The van der Waals surface area contributed by atoms with Crippen LogP contribution in [0, 0.1) is 5.92 Å². The predicted molar refractivity (Wildman–Crippen MR) is 73.1 cm³/mol. The van der Waals surface area contributed by atoms with Crippen LogP contribution in [0.5, 0.6) is 0 Å². The molecular weight excluding hydrogens is 208 g/mol. The van der Waals surface area contributed by atoms with Gasteiger partial charge in [0.05, 0.1) is 0 Å². The molecule has 1 aromatic rings. The van der Waals surface area contributed by atoms with E-state index in [0.717, 1.165) is 12.5 Å². The van der Waals surface area contributed by atoms with E-state index in [0.29, 0.717) is 6.04 Å². The quantitative estimate of drug-likeness (QED) is 0.793. The summed E-state index contributed by atoms with van der Waals surface area (Å²) in [5, 5.41) is 3.54. The first-order valence-corrected chi connectivity index (χ1v) is 7.18. The van der Waals surface area contributed by atoms with Gasteiger partial charge >= 0.3 is 0 Å². The first-order valence-electron chi connectivity index (χ1n) is 7.18. The van der Waals surface area contributed by atoms with Crippen LogP contribution in [0.1, 0.15) is 57.6 Å². The van der Waals surface area contributed by atoms with Gasteiger partial charge < -0.3 is 9.88 Å².